The molecule has 1 rings (SSSR count). The molecule has 0 heterocycles. The van der Waals surface area contributed by atoms with Gasteiger partial charge in [0.1, 0.15) is 5.82 Å². The fraction of sp³-hybridized carbons (Fsp3) is 0.333. The van der Waals surface area contributed by atoms with Gasteiger partial charge in [0.25, 0.3) is 5.91 Å². The molecule has 0 saturated carbocycles. The monoisotopic (exact) mass is 283 g/mol. The SMILES string of the molecule is CC(CC#N)N(C)C(=O)c1cc(F)cc([N+](=O)[O-])c1F. The Kier molecular flexibility index (Phi) is 4.69. The Hall–Kier alpha value is -2.56. The second-order valence-electron chi connectivity index (χ2n) is 4.17. The van der Waals surface area contributed by atoms with Gasteiger partial charge in [0.2, 0.25) is 5.82 Å². The number of hydrogen-bond donors (Lipinski definition) is 0. The second-order valence-corrected chi connectivity index (χ2v) is 4.17. The van der Waals surface area contributed by atoms with Gasteiger partial charge in [-0.25, -0.2) is 4.39 Å². The molecule has 0 aliphatic rings. The average molecular weight is 283 g/mol. The van der Waals surface area contributed by atoms with Crippen molar-refractivity contribution < 1.29 is 18.5 Å². The second kappa shape index (κ2) is 6.06. The summed E-state index contributed by atoms with van der Waals surface area (Å²) in [4.78, 5) is 22.5. The van der Waals surface area contributed by atoms with Gasteiger partial charge in [-0.15, -0.1) is 0 Å². The molecule has 0 saturated heterocycles. The van der Waals surface area contributed by atoms with Gasteiger partial charge < -0.3 is 4.90 Å². The molecule has 1 unspecified atom stereocenters. The van der Waals surface area contributed by atoms with Crippen LogP contribution in [-0.2, 0) is 0 Å². The Balaban J connectivity index is 3.23. The minimum Gasteiger partial charge on any atom is -0.338 e. The summed E-state index contributed by atoms with van der Waals surface area (Å²) in [6.45, 7) is 1.55. The summed E-state index contributed by atoms with van der Waals surface area (Å²) in [5.41, 5.74) is -1.83. The highest BCUT2D eigenvalue weighted by molar-refractivity contribution is 5.95. The number of nitrogens with zero attached hydrogens (tertiary/aromatic N) is 3. The first-order chi connectivity index (χ1) is 9.29. The molecule has 0 spiro atoms. The lowest BCUT2D eigenvalue weighted by Gasteiger charge is -2.23. The molecule has 1 aromatic carbocycles. The van der Waals surface area contributed by atoms with Crippen molar-refractivity contribution in [3.05, 3.63) is 39.4 Å². The van der Waals surface area contributed by atoms with Crippen LogP contribution in [0.1, 0.15) is 23.7 Å². The third kappa shape index (κ3) is 3.06. The first-order valence-electron chi connectivity index (χ1n) is 5.57. The van der Waals surface area contributed by atoms with E-state index < -0.39 is 39.8 Å². The van der Waals surface area contributed by atoms with Gasteiger partial charge in [-0.1, -0.05) is 0 Å². The van der Waals surface area contributed by atoms with Crippen LogP contribution in [0.2, 0.25) is 0 Å². The average Bonchev–Trinajstić information content (AvgIpc) is 2.39. The van der Waals surface area contributed by atoms with Gasteiger partial charge in [0, 0.05) is 13.1 Å². The van der Waals surface area contributed by atoms with Crippen molar-refractivity contribution in [2.45, 2.75) is 19.4 Å². The smallest absolute Gasteiger partial charge is 0.308 e. The number of nitro benzene ring substituents is 1. The molecule has 6 nitrogen and oxygen atoms in total. The Labute approximate surface area is 113 Å². The van der Waals surface area contributed by atoms with Crippen molar-refractivity contribution >= 4 is 11.6 Å². The van der Waals surface area contributed by atoms with E-state index in [1.54, 1.807) is 6.92 Å². The van der Waals surface area contributed by atoms with Crippen molar-refractivity contribution in [1.82, 2.24) is 4.90 Å². The Morgan fingerprint density at radius 1 is 1.55 bits per heavy atom. The van der Waals surface area contributed by atoms with Gasteiger partial charge in [-0.05, 0) is 13.0 Å². The number of amides is 1. The van der Waals surface area contributed by atoms with Gasteiger partial charge in [0.05, 0.1) is 29.0 Å². The molecule has 106 valence electrons. The first-order valence-corrected chi connectivity index (χ1v) is 5.57. The maximum absolute atomic E-state index is 13.8. The Morgan fingerprint density at radius 3 is 2.65 bits per heavy atom. The predicted molar refractivity (Wildman–Crippen MR) is 64.8 cm³/mol. The van der Waals surface area contributed by atoms with E-state index >= 15 is 0 Å². The fourth-order valence-electron chi connectivity index (χ4n) is 1.52. The van der Waals surface area contributed by atoms with Crippen LogP contribution >= 0.6 is 0 Å². The quantitative estimate of drug-likeness (QED) is 0.626. The largest absolute Gasteiger partial charge is 0.338 e. The third-order valence-corrected chi connectivity index (χ3v) is 2.81. The summed E-state index contributed by atoms with van der Waals surface area (Å²) in [7, 11) is 1.31. The highest BCUT2D eigenvalue weighted by atomic mass is 19.1. The maximum Gasteiger partial charge on any atom is 0.308 e. The van der Waals surface area contributed by atoms with Crippen LogP contribution in [0.4, 0.5) is 14.5 Å². The van der Waals surface area contributed by atoms with Crippen LogP contribution in [-0.4, -0.2) is 28.8 Å². The van der Waals surface area contributed by atoms with E-state index in [0.29, 0.717) is 12.1 Å². The van der Waals surface area contributed by atoms with Gasteiger partial charge in [-0.2, -0.15) is 9.65 Å². The molecule has 20 heavy (non-hydrogen) atoms. The zero-order valence-corrected chi connectivity index (χ0v) is 10.8. The van der Waals surface area contributed by atoms with Crippen molar-refractivity contribution in [1.29, 1.82) is 5.26 Å². The number of nitriles is 1. The number of nitro groups is 1. The number of benzene rings is 1. The highest BCUT2D eigenvalue weighted by Crippen LogP contribution is 2.24. The van der Waals surface area contributed by atoms with E-state index in [-0.39, 0.29) is 6.42 Å². The van der Waals surface area contributed by atoms with Crippen LogP contribution in [0, 0.1) is 33.1 Å². The molecule has 0 aliphatic heterocycles. The molecule has 0 aliphatic carbocycles. The highest BCUT2D eigenvalue weighted by Gasteiger charge is 2.27. The van der Waals surface area contributed by atoms with E-state index in [0.717, 1.165) is 4.90 Å². The number of carbonyl (C=O) groups is 1. The molecule has 1 aromatic rings. The van der Waals surface area contributed by atoms with Gasteiger partial charge >= 0.3 is 5.69 Å². The molecular formula is C12H11F2N3O3. The number of halogens is 2. The van der Waals surface area contributed by atoms with E-state index in [4.69, 9.17) is 5.26 Å². The number of hydrogen-bond acceptors (Lipinski definition) is 4. The van der Waals surface area contributed by atoms with Crippen molar-refractivity contribution in [2.24, 2.45) is 0 Å². The zero-order chi connectivity index (χ0) is 15.4. The molecule has 1 amide bonds. The molecule has 1 atom stereocenters. The summed E-state index contributed by atoms with van der Waals surface area (Å²) < 4.78 is 27.1. The molecule has 0 radical (unpaired) electrons. The molecule has 0 N–H and O–H groups in total. The topological polar surface area (TPSA) is 87.2 Å². The summed E-state index contributed by atoms with van der Waals surface area (Å²) in [5.74, 6) is -3.40. The lowest BCUT2D eigenvalue weighted by atomic mass is 10.1. The summed E-state index contributed by atoms with van der Waals surface area (Å²) in [6.07, 6.45) is 0.00126. The summed E-state index contributed by atoms with van der Waals surface area (Å²) >= 11 is 0. The first kappa shape index (κ1) is 15.5. The van der Waals surface area contributed by atoms with Gasteiger partial charge in [0.15, 0.2) is 0 Å². The molecule has 0 aromatic heterocycles. The molecular weight excluding hydrogens is 272 g/mol. The molecule has 0 fully saturated rings. The normalized spacial score (nSPS) is 11.6. The minimum absolute atomic E-state index is 0.00126. The summed E-state index contributed by atoms with van der Waals surface area (Å²) in [5, 5.41) is 19.1. The van der Waals surface area contributed by atoms with Crippen molar-refractivity contribution in [2.75, 3.05) is 7.05 Å². The lowest BCUT2D eigenvalue weighted by molar-refractivity contribution is -0.387. The zero-order valence-electron chi connectivity index (χ0n) is 10.8. The minimum atomic E-state index is -1.39. The summed E-state index contributed by atoms with van der Waals surface area (Å²) in [6, 6.07) is 2.31. The predicted octanol–water partition coefficient (Wildman–Crippen LogP) is 2.25. The van der Waals surface area contributed by atoms with E-state index in [2.05, 4.69) is 0 Å². The Bertz CT molecular complexity index is 598. The Morgan fingerprint density at radius 2 is 2.15 bits per heavy atom. The van der Waals surface area contributed by atoms with E-state index in [9.17, 15) is 23.7 Å². The van der Waals surface area contributed by atoms with Crippen molar-refractivity contribution in [3.63, 3.8) is 0 Å². The van der Waals surface area contributed by atoms with Crippen LogP contribution in [0.25, 0.3) is 0 Å². The van der Waals surface area contributed by atoms with E-state index in [1.807, 2.05) is 6.07 Å². The van der Waals surface area contributed by atoms with Crippen LogP contribution in [0.3, 0.4) is 0 Å². The lowest BCUT2D eigenvalue weighted by Crippen LogP contribution is -2.35. The third-order valence-electron chi connectivity index (χ3n) is 2.81. The maximum atomic E-state index is 13.8. The van der Waals surface area contributed by atoms with Crippen LogP contribution < -0.4 is 0 Å². The van der Waals surface area contributed by atoms with Crippen LogP contribution in [0.15, 0.2) is 12.1 Å². The van der Waals surface area contributed by atoms with Crippen molar-refractivity contribution in [3.8, 4) is 6.07 Å². The number of rotatable bonds is 4. The van der Waals surface area contributed by atoms with Crippen LogP contribution in [0.5, 0.6) is 0 Å². The molecule has 8 heteroatoms. The standard InChI is InChI=1S/C12H11F2N3O3/c1-7(3-4-15)16(2)12(18)9-5-8(13)6-10(11(9)14)17(19)20/h5-7H,3H2,1-2H3. The van der Waals surface area contributed by atoms with Gasteiger partial charge in [-0.3, -0.25) is 14.9 Å². The fourth-order valence-corrected chi connectivity index (χ4v) is 1.52. The number of carbonyl (C=O) groups excluding carboxylic acids is 1. The molecule has 0 bridgehead atoms. The van der Waals surface area contributed by atoms with E-state index in [1.165, 1.54) is 7.05 Å².